The van der Waals surface area contributed by atoms with E-state index in [0.717, 1.165) is 5.57 Å². The van der Waals surface area contributed by atoms with Gasteiger partial charge in [-0.05, 0) is 37.6 Å². The first-order valence-electron chi connectivity index (χ1n) is 8.34. The molecule has 124 valence electrons. The molecule has 2 amide bonds. The average molecular weight is 320 g/mol. The molecule has 0 spiro atoms. The van der Waals surface area contributed by atoms with Gasteiger partial charge in [0, 0.05) is 9.11 Å². The van der Waals surface area contributed by atoms with Crippen LogP contribution in [0.15, 0.2) is 35.9 Å². The van der Waals surface area contributed by atoms with E-state index in [1.165, 1.54) is 12.1 Å². The van der Waals surface area contributed by atoms with Crippen LogP contribution in [0.5, 0.6) is 5.75 Å². The summed E-state index contributed by atoms with van der Waals surface area (Å²) in [7, 11) is 0. The van der Waals surface area contributed by atoms with Crippen LogP contribution in [0, 0.1) is 0 Å². The zero-order valence-electron chi connectivity index (χ0n) is 15.1. The number of amides is 2. The van der Waals surface area contributed by atoms with E-state index in [1.807, 2.05) is 19.9 Å². The number of allylic oxidation sites excluding steroid dienone is 1. The maximum absolute atomic E-state index is 12.1. The van der Waals surface area contributed by atoms with Gasteiger partial charge in [-0.2, -0.15) is 0 Å². The second-order valence-corrected chi connectivity index (χ2v) is 5.45. The highest BCUT2D eigenvalue weighted by atomic mass is 16.5. The summed E-state index contributed by atoms with van der Waals surface area (Å²) in [6, 6.07) is 3.85. The highest BCUT2D eigenvalue weighted by Gasteiger charge is 2.32. The Morgan fingerprint density at radius 1 is 1.22 bits per heavy atom. The number of carbonyl (C=O) groups is 2. The van der Waals surface area contributed by atoms with Crippen molar-refractivity contribution in [2.24, 2.45) is 0 Å². The number of hydrogen-bond donors (Lipinski definition) is 3. The zero-order chi connectivity index (χ0) is 18.6. The third-order valence-electron chi connectivity index (χ3n) is 3.27. The quantitative estimate of drug-likeness (QED) is 0.668. The van der Waals surface area contributed by atoms with Crippen LogP contribution in [0.2, 0.25) is 0 Å². The molecule has 0 saturated carbocycles. The van der Waals surface area contributed by atoms with Crippen LogP contribution in [0.4, 0.5) is 0 Å². The van der Waals surface area contributed by atoms with Crippen molar-refractivity contribution in [2.75, 3.05) is 13.2 Å². The number of carbonyl (C=O) groups excluding carboxylic acids is 2. The summed E-state index contributed by atoms with van der Waals surface area (Å²) < 4.78 is 22.0. The normalized spacial score (nSPS) is 22.4. The van der Waals surface area contributed by atoms with Crippen molar-refractivity contribution in [1.82, 2.24) is 10.6 Å². The van der Waals surface area contributed by atoms with Crippen molar-refractivity contribution in [1.29, 1.82) is 0 Å². The van der Waals surface area contributed by atoms with Gasteiger partial charge in [0.1, 0.15) is 24.4 Å². The predicted octanol–water partition coefficient (Wildman–Crippen LogP) is 0.550. The van der Waals surface area contributed by atoms with Crippen LogP contribution in [-0.2, 0) is 16.0 Å². The molecule has 1 aliphatic heterocycles. The van der Waals surface area contributed by atoms with Crippen molar-refractivity contribution in [3.8, 4) is 5.75 Å². The fourth-order valence-corrected chi connectivity index (χ4v) is 1.98. The minimum atomic E-state index is -2.11. The lowest BCUT2D eigenvalue weighted by molar-refractivity contribution is -0.137. The number of aliphatic hydroxyl groups is 1. The van der Waals surface area contributed by atoms with Crippen molar-refractivity contribution in [3.05, 3.63) is 41.5 Å². The largest absolute Gasteiger partial charge is 0.490 e. The second kappa shape index (κ2) is 7.78. The molecule has 3 N–H and O–H groups in total. The lowest BCUT2D eigenvalue weighted by Crippen LogP contribution is -2.63. The molecule has 1 heterocycles. The molecule has 1 aliphatic rings. The molecule has 6 nitrogen and oxygen atoms in total. The molecule has 1 aromatic rings. The van der Waals surface area contributed by atoms with Gasteiger partial charge < -0.3 is 20.5 Å². The zero-order valence-corrected chi connectivity index (χ0v) is 13.1. The van der Waals surface area contributed by atoms with Crippen molar-refractivity contribution >= 4 is 11.8 Å². The Morgan fingerprint density at radius 2 is 1.83 bits per heavy atom. The van der Waals surface area contributed by atoms with E-state index in [2.05, 4.69) is 10.6 Å². The fourth-order valence-electron chi connectivity index (χ4n) is 1.98. The van der Waals surface area contributed by atoms with Crippen LogP contribution in [0.3, 0.4) is 0 Å². The van der Waals surface area contributed by atoms with Crippen LogP contribution >= 0.6 is 0 Å². The van der Waals surface area contributed by atoms with Gasteiger partial charge in [-0.15, -0.1) is 0 Å². The number of rotatable bonds is 6. The summed E-state index contributed by atoms with van der Waals surface area (Å²) >= 11 is 0. The third kappa shape index (κ3) is 4.82. The van der Waals surface area contributed by atoms with E-state index in [0.29, 0.717) is 12.4 Å². The first-order chi connectivity index (χ1) is 11.8. The highest BCUT2D eigenvalue weighted by Crippen LogP contribution is 2.14. The number of benzene rings is 1. The van der Waals surface area contributed by atoms with Gasteiger partial charge in [0.25, 0.3) is 0 Å². The summed E-state index contributed by atoms with van der Waals surface area (Å²) in [4.78, 5) is 23.9. The Kier molecular flexibility index (Phi) is 4.83. The monoisotopic (exact) mass is 320 g/mol. The Labute approximate surface area is 138 Å². The summed E-state index contributed by atoms with van der Waals surface area (Å²) in [5.41, 5.74) is 1.37. The third-order valence-corrected chi connectivity index (χ3v) is 3.27. The molecule has 0 bridgehead atoms. The predicted molar refractivity (Wildman–Crippen MR) is 86.0 cm³/mol. The maximum Gasteiger partial charge on any atom is 0.245 e. The van der Waals surface area contributed by atoms with Crippen LogP contribution in [0.1, 0.15) is 22.2 Å². The van der Waals surface area contributed by atoms with Gasteiger partial charge in [0.2, 0.25) is 11.8 Å². The number of ether oxygens (including phenoxy) is 1. The van der Waals surface area contributed by atoms with Gasteiger partial charge in [-0.25, -0.2) is 0 Å². The smallest absolute Gasteiger partial charge is 0.245 e. The molecule has 0 aromatic heterocycles. The average Bonchev–Trinajstić information content (AvgIpc) is 2.56. The topological polar surface area (TPSA) is 87.7 Å². The Bertz CT molecular complexity index is 670. The molecule has 0 radical (unpaired) electrons. The molecule has 1 fully saturated rings. The molecular formula is C17H22N2O4. The Balaban J connectivity index is 2.12. The number of nitrogens with one attached hydrogen (secondary N) is 2. The Hall–Kier alpha value is -2.34. The number of piperazine rings is 1. The first kappa shape index (κ1) is 14.3. The summed E-state index contributed by atoms with van der Waals surface area (Å²) in [5, 5.41) is 13.7. The van der Waals surface area contributed by atoms with Crippen LogP contribution in [0.25, 0.3) is 0 Å². The van der Waals surface area contributed by atoms with Gasteiger partial charge in [-0.3, -0.25) is 9.59 Å². The second-order valence-electron chi connectivity index (χ2n) is 5.45. The van der Waals surface area contributed by atoms with E-state index in [9.17, 15) is 9.59 Å². The summed E-state index contributed by atoms with van der Waals surface area (Å²) in [6.45, 7) is 3.81. The molecule has 1 aromatic carbocycles. The summed E-state index contributed by atoms with van der Waals surface area (Å²) in [5.74, 6) is -0.709. The molecule has 2 rings (SSSR count). The van der Waals surface area contributed by atoms with Crippen molar-refractivity contribution < 1.29 is 22.2 Å². The molecule has 1 saturated heterocycles. The van der Waals surface area contributed by atoms with E-state index < -0.39 is 36.9 Å². The maximum atomic E-state index is 12.1. The lowest BCUT2D eigenvalue weighted by Gasteiger charge is -2.28. The number of aliphatic hydroxyl groups excluding tert-OH is 1. The molecule has 23 heavy (non-hydrogen) atoms. The minimum Gasteiger partial charge on any atom is -0.490 e. The van der Waals surface area contributed by atoms with Gasteiger partial charge in [0.15, 0.2) is 0 Å². The van der Waals surface area contributed by atoms with Gasteiger partial charge in [-0.1, -0.05) is 17.7 Å². The molecule has 2 atom stereocenters. The Morgan fingerprint density at radius 3 is 2.43 bits per heavy atom. The lowest BCUT2D eigenvalue weighted by atomic mass is 10.0. The van der Waals surface area contributed by atoms with E-state index in [-0.39, 0.29) is 5.56 Å². The van der Waals surface area contributed by atoms with Gasteiger partial charge >= 0.3 is 0 Å². The standard InChI is InChI=1S/C17H22N2O4/c1-11(2)7-8-23-13-5-3-12(4-6-13)9-14-16(21)19-15(10-20)17(22)18-14/h3-7,14-15,20H,8-10H2,1-2H3,(H,18,22)(H,19,21)/t14-,15-/m0/s1/i9D2. The highest BCUT2D eigenvalue weighted by molar-refractivity contribution is 5.97. The minimum absolute atomic E-state index is 0.241. The molecule has 0 aliphatic carbocycles. The van der Waals surface area contributed by atoms with E-state index in [4.69, 9.17) is 12.6 Å². The van der Waals surface area contributed by atoms with Crippen LogP contribution < -0.4 is 15.4 Å². The van der Waals surface area contributed by atoms with Crippen LogP contribution in [-0.4, -0.2) is 42.2 Å². The number of hydrogen-bond acceptors (Lipinski definition) is 4. The SMILES string of the molecule is [2H]C([2H])(c1ccc(OCC=C(C)C)cc1)[C@@H]1NC(=O)[C@H](CO)NC1=O. The molecular weight excluding hydrogens is 296 g/mol. The van der Waals surface area contributed by atoms with Crippen molar-refractivity contribution in [3.63, 3.8) is 0 Å². The van der Waals surface area contributed by atoms with Crippen molar-refractivity contribution in [2.45, 2.75) is 32.3 Å². The molecule has 6 heteroatoms. The molecule has 0 unspecified atom stereocenters. The van der Waals surface area contributed by atoms with E-state index in [1.54, 1.807) is 12.1 Å². The van der Waals surface area contributed by atoms with E-state index >= 15 is 0 Å². The first-order valence-corrected chi connectivity index (χ1v) is 7.34. The van der Waals surface area contributed by atoms with Gasteiger partial charge in [0.05, 0.1) is 6.61 Å². The fraction of sp³-hybridized carbons (Fsp3) is 0.412. The summed E-state index contributed by atoms with van der Waals surface area (Å²) in [6.07, 6.45) is -0.189.